The normalized spacial score (nSPS) is 18.2. The Bertz CT molecular complexity index is 686. The van der Waals surface area contributed by atoms with Crippen LogP contribution in [0, 0.1) is 11.3 Å². The smallest absolute Gasteiger partial charge is 0.158 e. The SMILES string of the molecule is CC.CCC(=O)COCCOc1ccc(C2=NC=CC(C)(C(C)C)C=C2)cc1. The van der Waals surface area contributed by atoms with E-state index < -0.39 is 0 Å². The third kappa shape index (κ3) is 7.43. The molecule has 0 amide bonds. The van der Waals surface area contributed by atoms with Gasteiger partial charge in [0, 0.05) is 23.6 Å². The minimum absolute atomic E-state index is 0.0213. The second kappa shape index (κ2) is 12.3. The molecule has 0 saturated carbocycles. The number of carbonyl (C=O) groups is 1. The molecule has 1 atom stereocenters. The Morgan fingerprint density at radius 1 is 1.11 bits per heavy atom. The molecule has 0 fully saturated rings. The van der Waals surface area contributed by atoms with Gasteiger partial charge in [-0.25, -0.2) is 0 Å². The summed E-state index contributed by atoms with van der Waals surface area (Å²) >= 11 is 0. The summed E-state index contributed by atoms with van der Waals surface area (Å²) in [7, 11) is 0. The summed E-state index contributed by atoms with van der Waals surface area (Å²) in [5, 5.41) is 0. The molecule has 1 aromatic rings. The summed E-state index contributed by atoms with van der Waals surface area (Å²) in [6, 6.07) is 7.87. The Hall–Kier alpha value is -2.20. The van der Waals surface area contributed by atoms with Crippen LogP contribution in [0.15, 0.2) is 53.7 Å². The summed E-state index contributed by atoms with van der Waals surface area (Å²) in [5.41, 5.74) is 2.02. The van der Waals surface area contributed by atoms with Crippen LogP contribution in [-0.4, -0.2) is 31.3 Å². The van der Waals surface area contributed by atoms with Crippen molar-refractivity contribution >= 4 is 11.5 Å². The van der Waals surface area contributed by atoms with E-state index in [0.29, 0.717) is 25.6 Å². The second-order valence-electron chi connectivity index (χ2n) is 7.00. The van der Waals surface area contributed by atoms with Crippen LogP contribution in [0.4, 0.5) is 0 Å². The Morgan fingerprint density at radius 2 is 1.79 bits per heavy atom. The average Bonchev–Trinajstić information content (AvgIpc) is 2.92. The van der Waals surface area contributed by atoms with Gasteiger partial charge >= 0.3 is 0 Å². The van der Waals surface area contributed by atoms with Crippen LogP contribution >= 0.6 is 0 Å². The first-order chi connectivity index (χ1) is 13.4. The first-order valence-corrected chi connectivity index (χ1v) is 10.2. The van der Waals surface area contributed by atoms with Gasteiger partial charge in [0.2, 0.25) is 0 Å². The van der Waals surface area contributed by atoms with Crippen molar-refractivity contribution < 1.29 is 14.3 Å². The first-order valence-electron chi connectivity index (χ1n) is 10.2. The lowest BCUT2D eigenvalue weighted by Crippen LogP contribution is -2.17. The van der Waals surface area contributed by atoms with E-state index in [1.54, 1.807) is 0 Å². The number of ether oxygens (including phenoxy) is 2. The van der Waals surface area contributed by atoms with Crippen LogP contribution in [0.25, 0.3) is 0 Å². The summed E-state index contributed by atoms with van der Waals surface area (Å²) in [6.07, 6.45) is 8.87. The lowest BCUT2D eigenvalue weighted by atomic mass is 9.79. The number of carbonyl (C=O) groups excluding carboxylic acids is 1. The molecule has 4 nitrogen and oxygen atoms in total. The molecule has 1 unspecified atom stereocenters. The zero-order valence-electron chi connectivity index (χ0n) is 18.2. The molecule has 0 saturated heterocycles. The summed E-state index contributed by atoms with van der Waals surface area (Å²) in [4.78, 5) is 15.7. The van der Waals surface area contributed by atoms with Crippen molar-refractivity contribution in [2.24, 2.45) is 16.3 Å². The van der Waals surface area contributed by atoms with Crippen LogP contribution in [-0.2, 0) is 9.53 Å². The van der Waals surface area contributed by atoms with Gasteiger partial charge in [0.05, 0.1) is 12.3 Å². The van der Waals surface area contributed by atoms with Crippen molar-refractivity contribution in [3.05, 3.63) is 54.3 Å². The van der Waals surface area contributed by atoms with Gasteiger partial charge in [0.1, 0.15) is 19.0 Å². The molecule has 1 aromatic carbocycles. The molecule has 0 aromatic heterocycles. The first kappa shape index (κ1) is 23.8. The van der Waals surface area contributed by atoms with Crippen LogP contribution in [0.5, 0.6) is 5.75 Å². The third-order valence-electron chi connectivity index (χ3n) is 4.80. The van der Waals surface area contributed by atoms with Gasteiger partial charge in [-0.3, -0.25) is 9.79 Å². The highest BCUT2D eigenvalue weighted by Crippen LogP contribution is 2.32. The van der Waals surface area contributed by atoms with E-state index in [1.165, 1.54) is 0 Å². The molecule has 1 aliphatic rings. The largest absolute Gasteiger partial charge is 0.491 e. The number of ketones is 1. The fraction of sp³-hybridized carbons (Fsp3) is 0.500. The zero-order chi connectivity index (χ0) is 21.0. The van der Waals surface area contributed by atoms with Crippen LogP contribution in [0.1, 0.15) is 53.5 Å². The number of benzene rings is 1. The predicted octanol–water partition coefficient (Wildman–Crippen LogP) is 5.62. The lowest BCUT2D eigenvalue weighted by molar-refractivity contribution is -0.123. The standard InChI is InChI=1S/C22H29NO3.C2H6/c1-5-19(24)16-25-14-15-26-20-8-6-18(7-9-20)21-10-11-22(4,17(2)3)12-13-23-21;1-2/h6-13,17H,5,14-16H2,1-4H3;1-2H3. The van der Waals surface area contributed by atoms with E-state index >= 15 is 0 Å². The van der Waals surface area contributed by atoms with E-state index in [2.05, 4.69) is 44.0 Å². The Morgan fingerprint density at radius 3 is 2.39 bits per heavy atom. The number of hydrogen-bond acceptors (Lipinski definition) is 4. The van der Waals surface area contributed by atoms with Crippen molar-refractivity contribution in [3.8, 4) is 5.75 Å². The zero-order valence-corrected chi connectivity index (χ0v) is 18.2. The van der Waals surface area contributed by atoms with E-state index in [1.807, 2.05) is 51.2 Å². The molecule has 4 heteroatoms. The van der Waals surface area contributed by atoms with Gasteiger partial charge < -0.3 is 9.47 Å². The molecule has 28 heavy (non-hydrogen) atoms. The van der Waals surface area contributed by atoms with Crippen molar-refractivity contribution in [1.82, 2.24) is 0 Å². The molecule has 0 aliphatic carbocycles. The Kier molecular flexibility index (Phi) is 10.5. The maximum Gasteiger partial charge on any atom is 0.158 e. The number of aliphatic imine (C=N–C) groups is 1. The van der Waals surface area contributed by atoms with E-state index in [9.17, 15) is 4.79 Å². The minimum atomic E-state index is 0.0213. The van der Waals surface area contributed by atoms with Crippen LogP contribution in [0.3, 0.4) is 0 Å². The lowest BCUT2D eigenvalue weighted by Gasteiger charge is -2.25. The maximum atomic E-state index is 11.1. The summed E-state index contributed by atoms with van der Waals surface area (Å²) in [6.45, 7) is 13.5. The quantitative estimate of drug-likeness (QED) is 0.518. The molecular formula is C24H35NO3. The molecule has 1 aliphatic heterocycles. The maximum absolute atomic E-state index is 11.1. The van der Waals surface area contributed by atoms with Crippen molar-refractivity contribution in [2.45, 2.75) is 48.0 Å². The molecule has 1 heterocycles. The molecule has 2 rings (SSSR count). The summed E-state index contributed by atoms with van der Waals surface area (Å²) < 4.78 is 10.9. The molecular weight excluding hydrogens is 350 g/mol. The van der Waals surface area contributed by atoms with Gasteiger partial charge in [-0.1, -0.05) is 53.7 Å². The van der Waals surface area contributed by atoms with E-state index in [4.69, 9.17) is 9.47 Å². The Balaban J connectivity index is 0.00000190. The van der Waals surface area contributed by atoms with Gasteiger partial charge in [-0.15, -0.1) is 0 Å². The number of allylic oxidation sites excluding steroid dienone is 3. The number of nitrogens with zero attached hydrogens (tertiary/aromatic N) is 1. The van der Waals surface area contributed by atoms with Gasteiger partial charge in [-0.2, -0.15) is 0 Å². The highest BCUT2D eigenvalue weighted by molar-refractivity contribution is 6.09. The topological polar surface area (TPSA) is 47.9 Å². The predicted molar refractivity (Wildman–Crippen MR) is 117 cm³/mol. The highest BCUT2D eigenvalue weighted by atomic mass is 16.5. The fourth-order valence-corrected chi connectivity index (χ4v) is 2.42. The van der Waals surface area contributed by atoms with Crippen LogP contribution in [0.2, 0.25) is 0 Å². The highest BCUT2D eigenvalue weighted by Gasteiger charge is 2.23. The van der Waals surface area contributed by atoms with Gasteiger partial charge in [0.25, 0.3) is 0 Å². The number of hydrogen-bond donors (Lipinski definition) is 0. The molecule has 0 spiro atoms. The second-order valence-corrected chi connectivity index (χ2v) is 7.00. The molecule has 154 valence electrons. The molecule has 0 bridgehead atoms. The average molecular weight is 386 g/mol. The molecule has 0 radical (unpaired) electrons. The van der Waals surface area contributed by atoms with Crippen LogP contribution < -0.4 is 4.74 Å². The minimum Gasteiger partial charge on any atom is -0.491 e. The fourth-order valence-electron chi connectivity index (χ4n) is 2.42. The third-order valence-corrected chi connectivity index (χ3v) is 4.80. The van der Waals surface area contributed by atoms with Crippen molar-refractivity contribution in [2.75, 3.05) is 19.8 Å². The van der Waals surface area contributed by atoms with Gasteiger partial charge in [-0.05, 0) is 36.3 Å². The Labute approximate surface area is 170 Å². The van der Waals surface area contributed by atoms with Gasteiger partial charge in [0.15, 0.2) is 5.78 Å². The number of Topliss-reactive ketones (excluding diaryl/α,β-unsaturated/α-hetero) is 1. The van der Waals surface area contributed by atoms with Crippen molar-refractivity contribution in [1.29, 1.82) is 0 Å². The number of rotatable bonds is 9. The van der Waals surface area contributed by atoms with E-state index in [-0.39, 0.29) is 17.8 Å². The van der Waals surface area contributed by atoms with Crippen molar-refractivity contribution in [3.63, 3.8) is 0 Å². The molecule has 0 N–H and O–H groups in total. The van der Waals surface area contributed by atoms with E-state index in [0.717, 1.165) is 17.0 Å². The monoisotopic (exact) mass is 385 g/mol. The summed E-state index contributed by atoms with van der Waals surface area (Å²) in [5.74, 6) is 1.39.